The average molecular weight is 426 g/mol. The highest BCUT2D eigenvalue weighted by atomic mass is 19.4. The van der Waals surface area contributed by atoms with Crippen molar-refractivity contribution in [2.45, 2.75) is 25.6 Å². The summed E-state index contributed by atoms with van der Waals surface area (Å²) in [5.41, 5.74) is -1.78. The van der Waals surface area contributed by atoms with Crippen LogP contribution in [0, 0.1) is 12.7 Å². The highest BCUT2D eigenvalue weighted by Gasteiger charge is 2.39. The minimum Gasteiger partial charge on any atom is -0.260 e. The summed E-state index contributed by atoms with van der Waals surface area (Å²) < 4.78 is 84.6. The van der Waals surface area contributed by atoms with E-state index in [0.29, 0.717) is 11.1 Å². The Morgan fingerprint density at radius 3 is 2.50 bits per heavy atom. The van der Waals surface area contributed by atoms with Crippen LogP contribution in [-0.2, 0) is 18.6 Å². The predicted molar refractivity (Wildman–Crippen MR) is 92.1 cm³/mol. The average Bonchev–Trinajstić information content (AvgIpc) is 3.32. The molecule has 2 aromatic carbocycles. The van der Waals surface area contributed by atoms with Gasteiger partial charge >= 0.3 is 12.1 Å². The molecule has 0 saturated heterocycles. The van der Waals surface area contributed by atoms with Crippen LogP contribution < -0.4 is 0 Å². The zero-order chi connectivity index (χ0) is 21.7. The number of aromatic amines is 1. The van der Waals surface area contributed by atoms with E-state index in [1.807, 2.05) is 5.10 Å². The molecule has 0 aliphatic carbocycles. The van der Waals surface area contributed by atoms with Crippen molar-refractivity contribution in [3.05, 3.63) is 70.4 Å². The lowest BCUT2D eigenvalue weighted by molar-refractivity contribution is -0.138. The third-order valence-electron chi connectivity index (χ3n) is 4.67. The van der Waals surface area contributed by atoms with Gasteiger partial charge in [0.05, 0.1) is 23.3 Å². The minimum absolute atomic E-state index is 0.119. The second-order valence-corrected chi connectivity index (χ2v) is 6.56. The van der Waals surface area contributed by atoms with E-state index < -0.39 is 47.0 Å². The van der Waals surface area contributed by atoms with Crippen LogP contribution in [0.15, 0.2) is 36.4 Å². The molecule has 0 saturated carbocycles. The lowest BCUT2D eigenvalue weighted by Crippen LogP contribution is -2.18. The highest BCUT2D eigenvalue weighted by Crippen LogP contribution is 2.36. The molecule has 2 aromatic heterocycles. The molecule has 0 aliphatic rings. The minimum atomic E-state index is -4.78. The van der Waals surface area contributed by atoms with E-state index in [4.69, 9.17) is 0 Å². The third-order valence-corrected chi connectivity index (χ3v) is 4.67. The van der Waals surface area contributed by atoms with Crippen LogP contribution >= 0.6 is 0 Å². The maximum absolute atomic E-state index is 14.7. The first-order valence-corrected chi connectivity index (χ1v) is 8.53. The molecular weight excluding hydrogens is 414 g/mol. The number of H-pyrrole nitrogens is 1. The number of aromatic nitrogens is 6. The second kappa shape index (κ2) is 6.82. The number of halogens is 6. The molecule has 0 spiro atoms. The zero-order valence-electron chi connectivity index (χ0n) is 15.2. The molecule has 0 bridgehead atoms. The number of rotatable bonds is 4. The molecular formula is C18H12F6N6. The summed E-state index contributed by atoms with van der Waals surface area (Å²) in [7, 11) is 0. The van der Waals surface area contributed by atoms with Gasteiger partial charge in [0.15, 0.2) is 0 Å². The number of hydrogen-bond acceptors (Lipinski definition) is 4. The van der Waals surface area contributed by atoms with Crippen LogP contribution in [-0.4, -0.2) is 30.4 Å². The van der Waals surface area contributed by atoms with Gasteiger partial charge in [0.2, 0.25) is 5.82 Å². The Labute approximate surface area is 164 Å². The van der Waals surface area contributed by atoms with Gasteiger partial charge in [0.25, 0.3) is 0 Å². The van der Waals surface area contributed by atoms with Crippen molar-refractivity contribution >= 4 is 10.9 Å². The molecule has 0 radical (unpaired) electrons. The van der Waals surface area contributed by atoms with E-state index in [9.17, 15) is 26.3 Å². The topological polar surface area (TPSA) is 72.3 Å². The van der Waals surface area contributed by atoms with Gasteiger partial charge in [-0.15, -0.1) is 5.10 Å². The number of nitrogens with zero attached hydrogens (tertiary/aromatic N) is 5. The second-order valence-electron chi connectivity index (χ2n) is 6.56. The summed E-state index contributed by atoms with van der Waals surface area (Å²) >= 11 is 0. The van der Waals surface area contributed by atoms with Crippen LogP contribution in [0.2, 0.25) is 0 Å². The fourth-order valence-corrected chi connectivity index (χ4v) is 3.22. The largest absolute Gasteiger partial charge is 0.416 e. The Kier molecular flexibility index (Phi) is 4.51. The molecule has 4 rings (SSSR count). The molecule has 2 heterocycles. The number of fused-ring (bicyclic) bond motifs is 1. The van der Waals surface area contributed by atoms with Gasteiger partial charge in [-0.05, 0) is 35.5 Å². The molecule has 12 heteroatoms. The summed E-state index contributed by atoms with van der Waals surface area (Å²) in [5.74, 6) is -5.45. The van der Waals surface area contributed by atoms with Crippen molar-refractivity contribution in [3.63, 3.8) is 0 Å². The number of aryl methyl sites for hydroxylation is 1. The number of alkyl halides is 5. The summed E-state index contributed by atoms with van der Waals surface area (Å²) in [6.07, 6.45) is -4.78. The predicted octanol–water partition coefficient (Wildman–Crippen LogP) is 4.20. The monoisotopic (exact) mass is 426 g/mol. The number of hydrogen-bond donors (Lipinski definition) is 1. The van der Waals surface area contributed by atoms with E-state index >= 15 is 0 Å². The molecule has 4 aromatic rings. The lowest BCUT2D eigenvalue weighted by atomic mass is 10.0. The van der Waals surface area contributed by atoms with Gasteiger partial charge < -0.3 is 0 Å². The quantitative estimate of drug-likeness (QED) is 0.497. The summed E-state index contributed by atoms with van der Waals surface area (Å²) in [4.78, 5) is 0. The fraction of sp³-hybridized carbons (Fsp3) is 0.222. The van der Waals surface area contributed by atoms with Gasteiger partial charge in [-0.1, -0.05) is 18.2 Å². The Balaban J connectivity index is 1.84. The normalized spacial score (nSPS) is 12.6. The Bertz CT molecular complexity index is 1210. The van der Waals surface area contributed by atoms with E-state index in [-0.39, 0.29) is 5.52 Å². The van der Waals surface area contributed by atoms with Crippen molar-refractivity contribution in [1.29, 1.82) is 0 Å². The van der Waals surface area contributed by atoms with Crippen molar-refractivity contribution < 1.29 is 26.3 Å². The maximum atomic E-state index is 14.7. The molecule has 156 valence electrons. The van der Waals surface area contributed by atoms with Crippen molar-refractivity contribution in [1.82, 2.24) is 30.4 Å². The maximum Gasteiger partial charge on any atom is 0.416 e. The van der Waals surface area contributed by atoms with Crippen molar-refractivity contribution in [2.75, 3.05) is 0 Å². The third kappa shape index (κ3) is 3.27. The van der Waals surface area contributed by atoms with E-state index in [0.717, 1.165) is 35.0 Å². The van der Waals surface area contributed by atoms with E-state index in [2.05, 4.69) is 20.6 Å². The number of tetrazole rings is 1. The summed E-state index contributed by atoms with van der Waals surface area (Å²) in [6, 6.07) is 6.21. The first-order chi connectivity index (χ1) is 14.1. The molecule has 0 unspecified atom stereocenters. The molecule has 0 fully saturated rings. The van der Waals surface area contributed by atoms with Gasteiger partial charge in [-0.2, -0.15) is 27.1 Å². The summed E-state index contributed by atoms with van der Waals surface area (Å²) in [6.45, 7) is 0.980. The number of nitrogens with one attached hydrogen (secondary N) is 1. The number of benzene rings is 2. The van der Waals surface area contributed by atoms with Crippen LogP contribution in [0.1, 0.15) is 28.2 Å². The molecule has 1 N–H and O–H groups in total. The Hall–Kier alpha value is -3.44. The standard InChI is InChI=1S/C18H12F6N6/c1-9-11-6-5-10(17(20,21)16-25-28-29-26-16)7-15(11)30(27-9)8-12-13(18(22,23)24)3-2-4-14(12)19/h2-7H,8H2,1H3,(H,25,26,28,29). The first-order valence-electron chi connectivity index (χ1n) is 8.53. The SMILES string of the molecule is Cc1nn(Cc2c(F)cccc2C(F)(F)F)c2cc(C(F)(F)c3nnn[nH]3)ccc12. The van der Waals surface area contributed by atoms with Crippen LogP contribution in [0.4, 0.5) is 26.3 Å². The van der Waals surface area contributed by atoms with Crippen LogP contribution in [0.5, 0.6) is 0 Å². The first kappa shape index (κ1) is 19.9. The Morgan fingerprint density at radius 1 is 1.07 bits per heavy atom. The smallest absolute Gasteiger partial charge is 0.260 e. The molecule has 0 atom stereocenters. The summed E-state index contributed by atoms with van der Waals surface area (Å²) in [5, 5.41) is 16.0. The van der Waals surface area contributed by atoms with Gasteiger partial charge in [0, 0.05) is 16.5 Å². The fourth-order valence-electron chi connectivity index (χ4n) is 3.22. The van der Waals surface area contributed by atoms with E-state index in [1.165, 1.54) is 6.07 Å². The van der Waals surface area contributed by atoms with Crippen molar-refractivity contribution in [2.24, 2.45) is 0 Å². The van der Waals surface area contributed by atoms with Gasteiger partial charge in [0.1, 0.15) is 5.82 Å². The van der Waals surface area contributed by atoms with E-state index in [1.54, 1.807) is 6.92 Å². The lowest BCUT2D eigenvalue weighted by Gasteiger charge is -2.15. The molecule has 30 heavy (non-hydrogen) atoms. The van der Waals surface area contributed by atoms with Gasteiger partial charge in [-0.3, -0.25) is 4.68 Å². The molecule has 0 aliphatic heterocycles. The highest BCUT2D eigenvalue weighted by molar-refractivity contribution is 5.83. The van der Waals surface area contributed by atoms with Gasteiger partial charge in [-0.25, -0.2) is 9.49 Å². The van der Waals surface area contributed by atoms with Crippen LogP contribution in [0.3, 0.4) is 0 Å². The zero-order valence-corrected chi connectivity index (χ0v) is 15.2. The Morgan fingerprint density at radius 2 is 1.83 bits per heavy atom. The van der Waals surface area contributed by atoms with Crippen molar-refractivity contribution in [3.8, 4) is 0 Å². The van der Waals surface area contributed by atoms with Crippen LogP contribution in [0.25, 0.3) is 10.9 Å². The molecule has 0 amide bonds. The molecule has 6 nitrogen and oxygen atoms in total.